The normalized spacial score (nSPS) is 11.2. The van der Waals surface area contributed by atoms with Crippen LogP contribution in [-0.2, 0) is 0 Å². The molecule has 0 atom stereocenters. The molecular formula is C18H11N3O5. The number of azo groups is 1. The Hall–Kier alpha value is -3.94. The van der Waals surface area contributed by atoms with Crippen molar-refractivity contribution in [1.29, 1.82) is 0 Å². The second kappa shape index (κ2) is 6.52. The van der Waals surface area contributed by atoms with Crippen LogP contribution in [0.1, 0.15) is 0 Å². The molecule has 5 aromatic rings. The predicted molar refractivity (Wildman–Crippen MR) is 88.4 cm³/mol. The van der Waals surface area contributed by atoms with Gasteiger partial charge in [0.15, 0.2) is 0 Å². The van der Waals surface area contributed by atoms with Crippen molar-refractivity contribution in [3.8, 4) is 16.9 Å². The van der Waals surface area contributed by atoms with Crippen LogP contribution in [0.25, 0.3) is 22.2 Å². The second-order valence-corrected chi connectivity index (χ2v) is 5.35. The molecule has 5 rings (SSSR count). The number of benzene rings is 3. The smallest absolute Gasteiger partial charge is 0.324 e. The summed E-state index contributed by atoms with van der Waals surface area (Å²) in [6.45, 7) is 0. The van der Waals surface area contributed by atoms with E-state index in [4.69, 9.17) is 4.58 Å². The molecule has 0 aliphatic rings. The number of fused-ring (bicyclic) bond motifs is 5. The molecule has 2 aromatic heterocycles. The van der Waals surface area contributed by atoms with Crippen LogP contribution in [0.5, 0.6) is 5.75 Å². The van der Waals surface area contributed by atoms with E-state index in [0.717, 1.165) is 5.56 Å². The average Bonchev–Trinajstić information content (AvgIpc) is 2.66. The first-order valence-corrected chi connectivity index (χ1v) is 7.62. The molecule has 0 saturated carbocycles. The standard InChI is InChI=1S/C18H11N3O5/c22-16-8-4-7-14(12-5-2-1-3-6-12)18(16)20-19-15-11-13-9-10-17(15)24-26-25-21(13)23/h1-11H. The lowest BCUT2D eigenvalue weighted by atomic mass is 10.0. The van der Waals surface area contributed by atoms with Crippen LogP contribution in [-0.4, -0.2) is 0 Å². The molecule has 0 unspecified atom stereocenters. The van der Waals surface area contributed by atoms with Crippen molar-refractivity contribution >= 4 is 22.5 Å². The van der Waals surface area contributed by atoms with Crippen LogP contribution in [0, 0.1) is 4.91 Å². The molecule has 2 heterocycles. The molecule has 26 heavy (non-hydrogen) atoms. The zero-order valence-electron chi connectivity index (χ0n) is 13.2. The van der Waals surface area contributed by atoms with E-state index < -0.39 is 0 Å². The third kappa shape index (κ3) is 2.91. The van der Waals surface area contributed by atoms with Crippen molar-refractivity contribution in [3.63, 3.8) is 0 Å². The van der Waals surface area contributed by atoms with E-state index in [9.17, 15) is 10.0 Å². The summed E-state index contributed by atoms with van der Waals surface area (Å²) in [6.07, 6.45) is 0. The quantitative estimate of drug-likeness (QED) is 0.405. The molecule has 0 fully saturated rings. The van der Waals surface area contributed by atoms with Crippen LogP contribution in [0.3, 0.4) is 0 Å². The average molecular weight is 349 g/mol. The summed E-state index contributed by atoms with van der Waals surface area (Å²) in [7, 11) is 0. The van der Waals surface area contributed by atoms with Gasteiger partial charge in [-0.1, -0.05) is 54.3 Å². The Morgan fingerprint density at radius 2 is 1.77 bits per heavy atom. The molecule has 0 aliphatic heterocycles. The topological polar surface area (TPSA) is 110 Å². The van der Waals surface area contributed by atoms with E-state index in [2.05, 4.69) is 19.6 Å². The fraction of sp³-hybridized carbons (Fsp3) is 0. The van der Waals surface area contributed by atoms with Gasteiger partial charge in [0.25, 0.3) is 0 Å². The van der Waals surface area contributed by atoms with Crippen molar-refractivity contribution < 1.29 is 23.7 Å². The summed E-state index contributed by atoms with van der Waals surface area (Å²) < 4.78 is 13.6. The van der Waals surface area contributed by atoms with E-state index in [1.54, 1.807) is 12.1 Å². The first-order chi connectivity index (χ1) is 12.7. The van der Waals surface area contributed by atoms with Gasteiger partial charge in [-0.25, -0.2) is 4.58 Å². The van der Waals surface area contributed by atoms with Gasteiger partial charge in [-0.2, -0.15) is 5.11 Å². The van der Waals surface area contributed by atoms with E-state index in [0.29, 0.717) is 5.56 Å². The fourth-order valence-electron chi connectivity index (χ4n) is 2.47. The van der Waals surface area contributed by atoms with Gasteiger partial charge in [0.2, 0.25) is 5.58 Å². The maximum Gasteiger partial charge on any atom is 0.324 e. The maximum atomic E-state index is 12.3. The lowest BCUT2D eigenvalue weighted by molar-refractivity contribution is -0.750. The molecule has 0 saturated heterocycles. The summed E-state index contributed by atoms with van der Waals surface area (Å²) in [5, 5.41) is 20.5. The number of nitrogens with zero attached hydrogens (tertiary/aromatic N) is 3. The van der Waals surface area contributed by atoms with Crippen molar-refractivity contribution in [1.82, 2.24) is 0 Å². The highest BCUT2D eigenvalue weighted by molar-refractivity contribution is 5.79. The predicted octanol–water partition coefficient (Wildman–Crippen LogP) is 4.25. The Balaban J connectivity index is 1.84. The van der Waals surface area contributed by atoms with Crippen LogP contribution in [0.15, 0.2) is 91.0 Å². The minimum atomic E-state index is -0.272. The Kier molecular flexibility index (Phi) is 3.91. The van der Waals surface area contributed by atoms with Gasteiger partial charge in [-0.05, 0) is 16.4 Å². The summed E-state index contributed by atoms with van der Waals surface area (Å²) in [6, 6.07) is 18.6. The van der Waals surface area contributed by atoms with E-state index in [1.807, 2.05) is 30.3 Å². The summed E-state index contributed by atoms with van der Waals surface area (Å²) >= 11 is 0. The molecule has 0 aliphatic carbocycles. The number of aromatic nitrogens is 1. The van der Waals surface area contributed by atoms with Crippen LogP contribution < -0.4 is 9.71 Å². The molecule has 0 radical (unpaired) electrons. The van der Waals surface area contributed by atoms with Crippen LogP contribution in [0.2, 0.25) is 0 Å². The van der Waals surface area contributed by atoms with Crippen LogP contribution >= 0.6 is 0 Å². The Labute approximate surface area is 145 Å². The molecule has 8 heteroatoms. The maximum absolute atomic E-state index is 12.3. The molecule has 0 amide bonds. The highest BCUT2D eigenvalue weighted by Crippen LogP contribution is 2.37. The SMILES string of the molecule is O=[n+]1oooc2ccc1cc2N=Nc1c([O-])cccc1-c1ccccc1. The van der Waals surface area contributed by atoms with Crippen molar-refractivity contribution in [2.45, 2.75) is 0 Å². The van der Waals surface area contributed by atoms with Crippen molar-refractivity contribution in [3.05, 3.63) is 71.6 Å². The largest absolute Gasteiger partial charge is 0.871 e. The highest BCUT2D eigenvalue weighted by atomic mass is 17.3. The summed E-state index contributed by atoms with van der Waals surface area (Å²) in [4.78, 5) is 11.6. The number of hydrogen-bond acceptors (Lipinski definition) is 7. The lowest BCUT2D eigenvalue weighted by Gasteiger charge is -2.13. The Bertz CT molecular complexity index is 1170. The lowest BCUT2D eigenvalue weighted by Crippen LogP contribution is -2.11. The van der Waals surface area contributed by atoms with E-state index in [1.165, 1.54) is 24.3 Å². The van der Waals surface area contributed by atoms with Crippen molar-refractivity contribution in [2.24, 2.45) is 10.2 Å². The van der Waals surface area contributed by atoms with E-state index >= 15 is 0 Å². The zero-order chi connectivity index (χ0) is 17.9. The molecule has 0 N–H and O–H groups in total. The zero-order valence-corrected chi connectivity index (χ0v) is 13.2. The first-order valence-electron chi connectivity index (χ1n) is 7.62. The summed E-state index contributed by atoms with van der Waals surface area (Å²) in [5.41, 5.74) is 2.22. The molecule has 8 nitrogen and oxygen atoms in total. The van der Waals surface area contributed by atoms with Gasteiger partial charge in [0.05, 0.1) is 21.3 Å². The van der Waals surface area contributed by atoms with Gasteiger partial charge in [0, 0.05) is 11.6 Å². The summed E-state index contributed by atoms with van der Waals surface area (Å²) in [5.74, 6) is -0.272. The number of rotatable bonds is 3. The third-order valence-electron chi connectivity index (χ3n) is 3.72. The molecule has 0 spiro atoms. The first kappa shape index (κ1) is 15.6. The third-order valence-corrected chi connectivity index (χ3v) is 3.72. The van der Waals surface area contributed by atoms with Crippen LogP contribution in [0.4, 0.5) is 11.4 Å². The minimum absolute atomic E-state index is 0.124. The molecule has 2 bridgehead atoms. The monoisotopic (exact) mass is 349 g/mol. The highest BCUT2D eigenvalue weighted by Gasteiger charge is 2.11. The number of hydrogen-bond donors (Lipinski definition) is 0. The molecule has 3 aromatic carbocycles. The van der Waals surface area contributed by atoms with Gasteiger partial charge in [-0.15, -0.1) is 5.11 Å². The van der Waals surface area contributed by atoms with Gasteiger partial charge in [-0.3, -0.25) is 0 Å². The van der Waals surface area contributed by atoms with E-state index in [-0.39, 0.29) is 32.8 Å². The Morgan fingerprint density at radius 3 is 2.62 bits per heavy atom. The van der Waals surface area contributed by atoms with Gasteiger partial charge >= 0.3 is 10.1 Å². The fourth-order valence-corrected chi connectivity index (χ4v) is 2.47. The Morgan fingerprint density at radius 1 is 0.923 bits per heavy atom. The molecular weight excluding hydrogens is 338 g/mol. The minimum Gasteiger partial charge on any atom is -0.871 e. The second-order valence-electron chi connectivity index (χ2n) is 5.35. The van der Waals surface area contributed by atoms with Gasteiger partial charge in [0.1, 0.15) is 5.69 Å². The van der Waals surface area contributed by atoms with Crippen molar-refractivity contribution in [2.75, 3.05) is 0 Å². The van der Waals surface area contributed by atoms with Gasteiger partial charge < -0.3 is 5.11 Å². The molecule has 128 valence electrons.